The number of nitrogens with zero attached hydrogens (tertiary/aromatic N) is 2. The molecule has 0 radical (unpaired) electrons. The highest BCUT2D eigenvalue weighted by atomic mass is 16.5. The maximum atomic E-state index is 6.30. The lowest BCUT2D eigenvalue weighted by molar-refractivity contribution is -0.0206. The van der Waals surface area contributed by atoms with Crippen molar-refractivity contribution in [3.05, 3.63) is 0 Å². The molecule has 4 nitrogen and oxygen atoms in total. The molecule has 1 N–H and O–H groups in total. The Hall–Kier alpha value is -0.160. The zero-order valence-corrected chi connectivity index (χ0v) is 14.1. The predicted octanol–water partition coefficient (Wildman–Crippen LogP) is 1.85. The molecule has 4 fully saturated rings. The molecular formula is C18H33N3O. The van der Waals surface area contributed by atoms with Gasteiger partial charge in [0.05, 0.1) is 12.2 Å². The standard InChI is InChI=1S/C18H33N3O/c1-2-10-20(11-3-1)16-4-12-21(13-5-16)17-14-18(22-15-17)6-8-19-9-7-18/h16-17,19H,1-15H2. The molecule has 1 unspecified atom stereocenters. The lowest BCUT2D eigenvalue weighted by Crippen LogP contribution is -2.50. The van der Waals surface area contributed by atoms with Gasteiger partial charge in [0, 0.05) is 25.2 Å². The molecule has 4 rings (SSSR count). The summed E-state index contributed by atoms with van der Waals surface area (Å²) in [6.45, 7) is 8.57. The molecule has 126 valence electrons. The van der Waals surface area contributed by atoms with E-state index in [-0.39, 0.29) is 5.60 Å². The molecule has 0 aliphatic carbocycles. The normalized spacial score (nSPS) is 35.2. The van der Waals surface area contributed by atoms with Crippen LogP contribution in [0.3, 0.4) is 0 Å². The number of likely N-dealkylation sites (tertiary alicyclic amines) is 2. The Bertz CT molecular complexity index is 355. The highest BCUT2D eigenvalue weighted by Crippen LogP contribution is 2.37. The van der Waals surface area contributed by atoms with Crippen LogP contribution in [0.2, 0.25) is 0 Å². The summed E-state index contributed by atoms with van der Waals surface area (Å²) < 4.78 is 6.30. The lowest BCUT2D eigenvalue weighted by atomic mass is 9.87. The first-order valence-corrected chi connectivity index (χ1v) is 9.67. The van der Waals surface area contributed by atoms with Gasteiger partial charge in [-0.3, -0.25) is 4.90 Å². The number of ether oxygens (including phenoxy) is 1. The van der Waals surface area contributed by atoms with Crippen LogP contribution in [0.4, 0.5) is 0 Å². The zero-order chi connectivity index (χ0) is 14.8. The average molecular weight is 307 g/mol. The molecule has 4 aliphatic rings. The molecule has 0 aromatic heterocycles. The summed E-state index contributed by atoms with van der Waals surface area (Å²) >= 11 is 0. The van der Waals surface area contributed by atoms with Crippen LogP contribution in [-0.4, -0.2) is 73.4 Å². The third kappa shape index (κ3) is 3.21. The van der Waals surface area contributed by atoms with Crippen molar-refractivity contribution in [2.75, 3.05) is 45.9 Å². The summed E-state index contributed by atoms with van der Waals surface area (Å²) in [6.07, 6.45) is 10.8. The van der Waals surface area contributed by atoms with E-state index in [9.17, 15) is 0 Å². The average Bonchev–Trinajstić information content (AvgIpc) is 3.00. The van der Waals surface area contributed by atoms with Crippen LogP contribution >= 0.6 is 0 Å². The third-order valence-electron chi connectivity index (χ3n) is 6.63. The summed E-state index contributed by atoms with van der Waals surface area (Å²) in [5, 5.41) is 3.47. The lowest BCUT2D eigenvalue weighted by Gasteiger charge is -2.42. The molecule has 0 aromatic carbocycles. The number of rotatable bonds is 2. The molecule has 0 saturated carbocycles. The molecule has 0 bridgehead atoms. The Labute approximate surface area is 135 Å². The van der Waals surface area contributed by atoms with Gasteiger partial charge in [-0.25, -0.2) is 0 Å². The maximum Gasteiger partial charge on any atom is 0.0723 e. The van der Waals surface area contributed by atoms with Gasteiger partial charge >= 0.3 is 0 Å². The summed E-state index contributed by atoms with van der Waals surface area (Å²) in [4.78, 5) is 5.53. The first-order valence-electron chi connectivity index (χ1n) is 9.67. The summed E-state index contributed by atoms with van der Waals surface area (Å²) in [5.74, 6) is 0. The largest absolute Gasteiger partial charge is 0.373 e. The quantitative estimate of drug-likeness (QED) is 0.842. The van der Waals surface area contributed by atoms with Gasteiger partial charge in [-0.2, -0.15) is 0 Å². The van der Waals surface area contributed by atoms with Gasteiger partial charge in [-0.1, -0.05) is 6.42 Å². The van der Waals surface area contributed by atoms with E-state index < -0.39 is 0 Å². The minimum Gasteiger partial charge on any atom is -0.373 e. The van der Waals surface area contributed by atoms with E-state index in [0.29, 0.717) is 6.04 Å². The summed E-state index contributed by atoms with van der Waals surface area (Å²) in [6, 6.07) is 1.56. The second-order valence-corrected chi connectivity index (χ2v) is 7.97. The van der Waals surface area contributed by atoms with Crippen molar-refractivity contribution in [2.45, 2.75) is 69.1 Å². The molecule has 0 amide bonds. The molecule has 4 heteroatoms. The third-order valence-corrected chi connectivity index (χ3v) is 6.63. The number of nitrogens with one attached hydrogen (secondary N) is 1. The molecule has 4 saturated heterocycles. The van der Waals surface area contributed by atoms with Crippen molar-refractivity contribution in [1.29, 1.82) is 0 Å². The van der Waals surface area contributed by atoms with Gasteiger partial charge in [0.1, 0.15) is 0 Å². The van der Waals surface area contributed by atoms with Crippen molar-refractivity contribution < 1.29 is 4.74 Å². The van der Waals surface area contributed by atoms with E-state index in [2.05, 4.69) is 15.1 Å². The Kier molecular flexibility index (Phi) is 4.72. The van der Waals surface area contributed by atoms with Crippen molar-refractivity contribution in [1.82, 2.24) is 15.1 Å². The second-order valence-electron chi connectivity index (χ2n) is 7.97. The van der Waals surface area contributed by atoms with Crippen molar-refractivity contribution in [3.63, 3.8) is 0 Å². The molecule has 1 atom stereocenters. The molecule has 0 aromatic rings. The number of hydrogen-bond acceptors (Lipinski definition) is 4. The van der Waals surface area contributed by atoms with E-state index in [1.54, 1.807) is 0 Å². The fraction of sp³-hybridized carbons (Fsp3) is 1.00. The van der Waals surface area contributed by atoms with Crippen LogP contribution in [-0.2, 0) is 4.74 Å². The first kappa shape index (κ1) is 15.4. The first-order chi connectivity index (χ1) is 10.8. The Morgan fingerprint density at radius 2 is 1.50 bits per heavy atom. The van der Waals surface area contributed by atoms with Crippen LogP contribution in [0.15, 0.2) is 0 Å². The van der Waals surface area contributed by atoms with Crippen molar-refractivity contribution in [3.8, 4) is 0 Å². The van der Waals surface area contributed by atoms with Gasteiger partial charge < -0.3 is 15.0 Å². The summed E-state index contributed by atoms with van der Waals surface area (Å²) in [5.41, 5.74) is 0.222. The monoisotopic (exact) mass is 307 g/mol. The molecular weight excluding hydrogens is 274 g/mol. The topological polar surface area (TPSA) is 27.7 Å². The maximum absolute atomic E-state index is 6.30. The van der Waals surface area contributed by atoms with Crippen molar-refractivity contribution in [2.24, 2.45) is 0 Å². The SMILES string of the molecule is C1CCN(C2CCN(C3COC4(CCNCC4)C3)CC2)CC1. The van der Waals surface area contributed by atoms with E-state index in [0.717, 1.165) is 25.7 Å². The van der Waals surface area contributed by atoms with Gasteiger partial charge in [0.15, 0.2) is 0 Å². The number of piperidine rings is 3. The minimum absolute atomic E-state index is 0.222. The van der Waals surface area contributed by atoms with E-state index in [1.165, 1.54) is 77.5 Å². The van der Waals surface area contributed by atoms with E-state index in [4.69, 9.17) is 4.74 Å². The molecule has 4 aliphatic heterocycles. The van der Waals surface area contributed by atoms with Crippen LogP contribution in [0.1, 0.15) is 51.4 Å². The Morgan fingerprint density at radius 3 is 2.23 bits per heavy atom. The Balaban J connectivity index is 1.27. The van der Waals surface area contributed by atoms with Gasteiger partial charge in [-0.15, -0.1) is 0 Å². The zero-order valence-electron chi connectivity index (χ0n) is 14.1. The van der Waals surface area contributed by atoms with Gasteiger partial charge in [-0.05, 0) is 71.1 Å². The minimum atomic E-state index is 0.222. The van der Waals surface area contributed by atoms with Crippen LogP contribution in [0.25, 0.3) is 0 Å². The van der Waals surface area contributed by atoms with Crippen LogP contribution in [0.5, 0.6) is 0 Å². The predicted molar refractivity (Wildman–Crippen MR) is 89.2 cm³/mol. The van der Waals surface area contributed by atoms with Crippen LogP contribution in [0, 0.1) is 0 Å². The van der Waals surface area contributed by atoms with E-state index >= 15 is 0 Å². The highest BCUT2D eigenvalue weighted by Gasteiger charge is 2.43. The molecule has 4 heterocycles. The van der Waals surface area contributed by atoms with E-state index in [1.807, 2.05) is 0 Å². The fourth-order valence-corrected chi connectivity index (χ4v) is 5.19. The van der Waals surface area contributed by atoms with Gasteiger partial charge in [0.25, 0.3) is 0 Å². The van der Waals surface area contributed by atoms with Crippen LogP contribution < -0.4 is 5.32 Å². The molecule has 1 spiro atoms. The Morgan fingerprint density at radius 1 is 0.818 bits per heavy atom. The van der Waals surface area contributed by atoms with Gasteiger partial charge in [0.2, 0.25) is 0 Å². The molecule has 22 heavy (non-hydrogen) atoms. The fourth-order valence-electron chi connectivity index (χ4n) is 5.19. The number of hydrogen-bond donors (Lipinski definition) is 1. The summed E-state index contributed by atoms with van der Waals surface area (Å²) in [7, 11) is 0. The highest BCUT2D eigenvalue weighted by molar-refractivity contribution is 4.97. The van der Waals surface area contributed by atoms with Crippen molar-refractivity contribution >= 4 is 0 Å². The smallest absolute Gasteiger partial charge is 0.0723 e. The second kappa shape index (κ2) is 6.76.